The molecule has 0 aliphatic heterocycles. The van der Waals surface area contributed by atoms with E-state index in [1.165, 1.54) is 0 Å². The third kappa shape index (κ3) is 2.13. The zero-order chi connectivity index (χ0) is 11.6. The van der Waals surface area contributed by atoms with E-state index in [-0.39, 0.29) is 0 Å². The molecule has 1 aromatic carbocycles. The summed E-state index contributed by atoms with van der Waals surface area (Å²) in [7, 11) is 0. The Balaban J connectivity index is 3.15. The van der Waals surface area contributed by atoms with E-state index in [4.69, 9.17) is 15.3 Å². The fourth-order valence-corrected chi connectivity index (χ4v) is 0.810. The molecule has 0 amide bonds. The number of carbonyl (C=O) groups excluding carboxylic acids is 1. The number of carbonyl (C=O) groups is 1. The number of rotatable bonds is 2. The topological polar surface area (TPSA) is 87.0 Å². The van der Waals surface area contributed by atoms with Crippen molar-refractivity contribution in [3.8, 4) is 17.2 Å². The number of ether oxygens (including phenoxy) is 1. The molecule has 0 bridgehead atoms. The van der Waals surface area contributed by atoms with Crippen LogP contribution in [0, 0.1) is 11.6 Å². The minimum atomic E-state index is -1.49. The molecule has 0 aliphatic carbocycles. The maximum atomic E-state index is 13.0. The monoisotopic (exact) mass is 220 g/mol. The lowest BCUT2D eigenvalue weighted by Crippen LogP contribution is -2.13. The van der Waals surface area contributed by atoms with Crippen molar-refractivity contribution in [3.63, 3.8) is 0 Å². The molecule has 0 fully saturated rings. The molecule has 7 heteroatoms. The second-order valence-electron chi connectivity index (χ2n) is 2.50. The molecule has 0 aromatic heterocycles. The molecule has 0 spiro atoms. The van der Waals surface area contributed by atoms with Gasteiger partial charge in [0.25, 0.3) is 0 Å². The SMILES string of the molecule is O=C(CO)Oc1cc(F)c(O)c(O)c1F. The summed E-state index contributed by atoms with van der Waals surface area (Å²) in [6.07, 6.45) is 0. The van der Waals surface area contributed by atoms with Crippen LogP contribution in [0.3, 0.4) is 0 Å². The predicted molar refractivity (Wildman–Crippen MR) is 42.4 cm³/mol. The summed E-state index contributed by atoms with van der Waals surface area (Å²) in [6.45, 7) is -1.03. The van der Waals surface area contributed by atoms with Gasteiger partial charge >= 0.3 is 5.97 Å². The molecule has 0 unspecified atom stereocenters. The van der Waals surface area contributed by atoms with Crippen LogP contribution in [0.15, 0.2) is 6.07 Å². The Morgan fingerprint density at radius 2 is 1.93 bits per heavy atom. The van der Waals surface area contributed by atoms with Gasteiger partial charge in [0.15, 0.2) is 17.3 Å². The number of aromatic hydroxyl groups is 2. The molecular formula is C8H6F2O5. The van der Waals surface area contributed by atoms with Crippen LogP contribution in [0.5, 0.6) is 17.2 Å². The van der Waals surface area contributed by atoms with Gasteiger partial charge in [-0.15, -0.1) is 0 Å². The van der Waals surface area contributed by atoms with E-state index in [0.717, 1.165) is 0 Å². The average Bonchev–Trinajstić information content (AvgIpc) is 2.22. The summed E-state index contributed by atoms with van der Waals surface area (Å²) in [5.41, 5.74) is 0. The maximum absolute atomic E-state index is 13.0. The standard InChI is InChI=1S/C8H6F2O5/c9-3-1-4(15-5(12)2-11)6(10)8(14)7(3)13/h1,11,13-14H,2H2. The molecule has 0 heterocycles. The second kappa shape index (κ2) is 4.09. The lowest BCUT2D eigenvalue weighted by molar-refractivity contribution is -0.137. The Labute approximate surface area is 82.2 Å². The maximum Gasteiger partial charge on any atom is 0.337 e. The zero-order valence-corrected chi connectivity index (χ0v) is 7.20. The average molecular weight is 220 g/mol. The van der Waals surface area contributed by atoms with Crippen LogP contribution in [0.1, 0.15) is 0 Å². The minimum Gasteiger partial charge on any atom is -0.502 e. The highest BCUT2D eigenvalue weighted by Crippen LogP contribution is 2.36. The van der Waals surface area contributed by atoms with E-state index in [1.54, 1.807) is 0 Å². The number of benzene rings is 1. The van der Waals surface area contributed by atoms with Crippen molar-refractivity contribution in [3.05, 3.63) is 17.7 Å². The van der Waals surface area contributed by atoms with Crippen molar-refractivity contribution in [1.29, 1.82) is 0 Å². The van der Waals surface area contributed by atoms with Crippen LogP contribution >= 0.6 is 0 Å². The van der Waals surface area contributed by atoms with Crippen LogP contribution in [0.4, 0.5) is 8.78 Å². The summed E-state index contributed by atoms with van der Waals surface area (Å²) in [5.74, 6) is -7.63. The molecule has 3 N–H and O–H groups in total. The van der Waals surface area contributed by atoms with Crippen molar-refractivity contribution < 1.29 is 33.6 Å². The van der Waals surface area contributed by atoms with Crippen molar-refractivity contribution in [2.45, 2.75) is 0 Å². The smallest absolute Gasteiger partial charge is 0.337 e. The number of esters is 1. The number of phenolic OH excluding ortho intramolecular Hbond substituents is 2. The number of hydrogen-bond acceptors (Lipinski definition) is 5. The van der Waals surface area contributed by atoms with E-state index in [0.29, 0.717) is 6.07 Å². The lowest BCUT2D eigenvalue weighted by atomic mass is 10.2. The molecule has 15 heavy (non-hydrogen) atoms. The third-order valence-corrected chi connectivity index (χ3v) is 1.49. The normalized spacial score (nSPS) is 10.1. The van der Waals surface area contributed by atoms with Gasteiger partial charge in [0, 0.05) is 6.07 Å². The Kier molecular flexibility index (Phi) is 3.05. The molecule has 0 atom stereocenters. The quantitative estimate of drug-likeness (QED) is 0.378. The predicted octanol–water partition coefficient (Wildman–Crippen LogP) is 0.274. The van der Waals surface area contributed by atoms with E-state index < -0.39 is 41.5 Å². The number of aliphatic hydroxyl groups is 1. The molecule has 82 valence electrons. The molecule has 0 saturated carbocycles. The first-order chi connectivity index (χ1) is 6.97. The van der Waals surface area contributed by atoms with Gasteiger partial charge in [-0.1, -0.05) is 0 Å². The summed E-state index contributed by atoms with van der Waals surface area (Å²) in [6, 6.07) is 0.373. The summed E-state index contributed by atoms with van der Waals surface area (Å²) in [4.78, 5) is 10.5. The highest BCUT2D eigenvalue weighted by atomic mass is 19.1. The second-order valence-corrected chi connectivity index (χ2v) is 2.50. The van der Waals surface area contributed by atoms with Crippen LogP contribution in [0.25, 0.3) is 0 Å². The highest BCUT2D eigenvalue weighted by molar-refractivity contribution is 5.73. The molecule has 5 nitrogen and oxygen atoms in total. The van der Waals surface area contributed by atoms with Crippen LogP contribution in [-0.4, -0.2) is 27.9 Å². The number of halogens is 2. The highest BCUT2D eigenvalue weighted by Gasteiger charge is 2.20. The van der Waals surface area contributed by atoms with Gasteiger partial charge in [-0.25, -0.2) is 9.18 Å². The molecule has 0 aliphatic rings. The van der Waals surface area contributed by atoms with Gasteiger partial charge in [-0.2, -0.15) is 4.39 Å². The summed E-state index contributed by atoms with van der Waals surface area (Å²) >= 11 is 0. The van der Waals surface area contributed by atoms with Crippen molar-refractivity contribution in [2.75, 3.05) is 6.61 Å². The molecular weight excluding hydrogens is 214 g/mol. The number of phenols is 2. The van der Waals surface area contributed by atoms with E-state index in [1.807, 2.05) is 0 Å². The van der Waals surface area contributed by atoms with E-state index in [2.05, 4.69) is 4.74 Å². The largest absolute Gasteiger partial charge is 0.502 e. The summed E-state index contributed by atoms with van der Waals surface area (Å²) in [5, 5.41) is 25.9. The van der Waals surface area contributed by atoms with Gasteiger partial charge in [0.2, 0.25) is 11.6 Å². The van der Waals surface area contributed by atoms with Gasteiger partial charge in [-0.3, -0.25) is 0 Å². The first-order valence-electron chi connectivity index (χ1n) is 3.68. The van der Waals surface area contributed by atoms with E-state index in [9.17, 15) is 13.6 Å². The minimum absolute atomic E-state index is 0.373. The Hall–Kier alpha value is -1.89. The zero-order valence-electron chi connectivity index (χ0n) is 7.20. The Morgan fingerprint density at radius 1 is 1.33 bits per heavy atom. The lowest BCUT2D eigenvalue weighted by Gasteiger charge is -2.06. The number of hydrogen-bond donors (Lipinski definition) is 3. The number of aliphatic hydroxyl groups excluding tert-OH is 1. The van der Waals surface area contributed by atoms with Crippen LogP contribution in [0.2, 0.25) is 0 Å². The fraction of sp³-hybridized carbons (Fsp3) is 0.125. The molecule has 0 radical (unpaired) electrons. The van der Waals surface area contributed by atoms with Gasteiger partial charge in [0.05, 0.1) is 0 Å². The Bertz CT molecular complexity index is 405. The van der Waals surface area contributed by atoms with Crippen molar-refractivity contribution in [1.82, 2.24) is 0 Å². The first kappa shape index (κ1) is 11.2. The van der Waals surface area contributed by atoms with Gasteiger partial charge < -0.3 is 20.1 Å². The van der Waals surface area contributed by atoms with Crippen LogP contribution in [-0.2, 0) is 4.79 Å². The van der Waals surface area contributed by atoms with Crippen molar-refractivity contribution >= 4 is 5.97 Å². The third-order valence-electron chi connectivity index (χ3n) is 1.49. The Morgan fingerprint density at radius 3 is 2.47 bits per heavy atom. The van der Waals surface area contributed by atoms with Crippen LogP contribution < -0.4 is 4.74 Å². The first-order valence-corrected chi connectivity index (χ1v) is 3.68. The summed E-state index contributed by atoms with van der Waals surface area (Å²) < 4.78 is 29.9. The van der Waals surface area contributed by atoms with Gasteiger partial charge in [-0.05, 0) is 0 Å². The van der Waals surface area contributed by atoms with Crippen molar-refractivity contribution in [2.24, 2.45) is 0 Å². The molecule has 0 saturated heterocycles. The van der Waals surface area contributed by atoms with Gasteiger partial charge in [0.1, 0.15) is 6.61 Å². The molecule has 1 aromatic rings. The van der Waals surface area contributed by atoms with E-state index >= 15 is 0 Å². The fourth-order valence-electron chi connectivity index (χ4n) is 0.810. The molecule has 1 rings (SSSR count).